The van der Waals surface area contributed by atoms with E-state index < -0.39 is 5.97 Å². The summed E-state index contributed by atoms with van der Waals surface area (Å²) >= 11 is 3.76. The molecule has 0 bridgehead atoms. The molecule has 8 nitrogen and oxygen atoms in total. The number of H-pyrrole nitrogens is 1. The number of hydrogen-bond acceptors (Lipinski definition) is 9. The molecule has 0 aliphatic carbocycles. The number of aromatic nitrogens is 3. The maximum atomic E-state index is 12.3. The second kappa shape index (κ2) is 8.89. The van der Waals surface area contributed by atoms with Crippen LogP contribution in [0.1, 0.15) is 25.8 Å². The van der Waals surface area contributed by atoms with E-state index in [1.165, 1.54) is 28.7 Å². The van der Waals surface area contributed by atoms with Gasteiger partial charge in [0.15, 0.2) is 16.0 Å². The number of carbonyl (C=O) groups excluding carboxylic acids is 2. The van der Waals surface area contributed by atoms with Crippen LogP contribution in [0.5, 0.6) is 0 Å². The van der Waals surface area contributed by atoms with Crippen LogP contribution >= 0.6 is 34.4 Å². The van der Waals surface area contributed by atoms with Gasteiger partial charge in [-0.25, -0.2) is 14.8 Å². The molecule has 1 amide bonds. The minimum absolute atomic E-state index is 0.0344. The van der Waals surface area contributed by atoms with Gasteiger partial charge in [-0.05, 0) is 26.3 Å². The smallest absolute Gasteiger partial charge is 0.358 e. The van der Waals surface area contributed by atoms with E-state index in [9.17, 15) is 14.4 Å². The number of hydrogen-bond donors (Lipinski definition) is 2. The SMILES string of the molecule is C=CCOC(=O)c1nc(NC(=O)CSc2nc3sc(C)c(C)c3c(=O)[nH]2)sc1C. The molecule has 0 aliphatic rings. The maximum Gasteiger partial charge on any atom is 0.358 e. The lowest BCUT2D eigenvalue weighted by Gasteiger charge is -2.02. The summed E-state index contributed by atoms with van der Waals surface area (Å²) in [5.74, 6) is -0.853. The highest BCUT2D eigenvalue weighted by atomic mass is 32.2. The molecule has 0 radical (unpaired) electrons. The molecular weight excluding hydrogens is 432 g/mol. The van der Waals surface area contributed by atoms with Crippen LogP contribution in [-0.4, -0.2) is 39.2 Å². The van der Waals surface area contributed by atoms with E-state index in [2.05, 4.69) is 26.8 Å². The summed E-state index contributed by atoms with van der Waals surface area (Å²) in [5, 5.41) is 3.93. The van der Waals surface area contributed by atoms with Crippen LogP contribution in [0.15, 0.2) is 22.6 Å². The third-order valence-electron chi connectivity index (χ3n) is 3.93. The largest absolute Gasteiger partial charge is 0.457 e. The molecule has 0 saturated carbocycles. The molecule has 0 aromatic carbocycles. The highest BCUT2D eigenvalue weighted by Crippen LogP contribution is 2.27. The van der Waals surface area contributed by atoms with Crippen LogP contribution in [-0.2, 0) is 9.53 Å². The van der Waals surface area contributed by atoms with E-state index in [1.807, 2.05) is 13.8 Å². The van der Waals surface area contributed by atoms with E-state index in [0.29, 0.717) is 25.4 Å². The van der Waals surface area contributed by atoms with Gasteiger partial charge in [-0.15, -0.1) is 22.7 Å². The van der Waals surface area contributed by atoms with Crippen LogP contribution < -0.4 is 10.9 Å². The lowest BCUT2D eigenvalue weighted by atomic mass is 10.2. The summed E-state index contributed by atoms with van der Waals surface area (Å²) in [6, 6.07) is 0. The molecular formula is C18H18N4O4S3. The molecule has 11 heteroatoms. The van der Waals surface area contributed by atoms with Crippen molar-refractivity contribution in [2.24, 2.45) is 0 Å². The Morgan fingerprint density at radius 1 is 1.24 bits per heavy atom. The first-order chi connectivity index (χ1) is 13.8. The van der Waals surface area contributed by atoms with Crippen LogP contribution in [0.25, 0.3) is 10.2 Å². The van der Waals surface area contributed by atoms with Crippen molar-refractivity contribution in [3.05, 3.63) is 44.0 Å². The number of fused-ring (bicyclic) bond motifs is 1. The molecule has 2 N–H and O–H groups in total. The topological polar surface area (TPSA) is 114 Å². The van der Waals surface area contributed by atoms with Crippen LogP contribution in [0.4, 0.5) is 5.13 Å². The Labute approximate surface area is 178 Å². The van der Waals surface area contributed by atoms with Gasteiger partial charge >= 0.3 is 5.97 Å². The molecule has 0 atom stereocenters. The minimum Gasteiger partial charge on any atom is -0.457 e. The number of aromatic amines is 1. The molecule has 0 saturated heterocycles. The summed E-state index contributed by atoms with van der Waals surface area (Å²) in [6.07, 6.45) is 1.47. The van der Waals surface area contributed by atoms with Crippen molar-refractivity contribution in [1.29, 1.82) is 0 Å². The number of nitrogens with one attached hydrogen (secondary N) is 2. The summed E-state index contributed by atoms with van der Waals surface area (Å²) in [6.45, 7) is 9.13. The number of aryl methyl sites for hydroxylation is 3. The summed E-state index contributed by atoms with van der Waals surface area (Å²) in [7, 11) is 0. The molecule has 0 fully saturated rings. The van der Waals surface area contributed by atoms with Gasteiger partial charge < -0.3 is 15.0 Å². The number of anilines is 1. The number of thiazole rings is 1. The van der Waals surface area contributed by atoms with Gasteiger partial charge in [0.2, 0.25) is 5.91 Å². The van der Waals surface area contributed by atoms with E-state index >= 15 is 0 Å². The Hall–Kier alpha value is -2.50. The van der Waals surface area contributed by atoms with Crippen molar-refractivity contribution in [1.82, 2.24) is 15.0 Å². The van der Waals surface area contributed by atoms with Gasteiger partial charge in [-0.3, -0.25) is 9.59 Å². The van der Waals surface area contributed by atoms with Crippen LogP contribution in [0.2, 0.25) is 0 Å². The fourth-order valence-electron chi connectivity index (χ4n) is 2.43. The molecule has 3 heterocycles. The molecule has 152 valence electrons. The molecule has 29 heavy (non-hydrogen) atoms. The standard InChI is InChI=1S/C18H18N4O4S3/c1-5-6-26-16(25)13-10(4)29-18(20-13)19-11(23)7-27-17-21-14(24)12-8(2)9(3)28-15(12)22-17/h5H,1,6-7H2,2-4H3,(H,19,20,23)(H,21,22,24). The number of nitrogens with zero attached hydrogens (tertiary/aromatic N) is 2. The Bertz CT molecular complexity index is 1160. The van der Waals surface area contributed by atoms with E-state index in [-0.39, 0.29) is 29.5 Å². The van der Waals surface area contributed by atoms with E-state index in [1.54, 1.807) is 6.92 Å². The summed E-state index contributed by atoms with van der Waals surface area (Å²) in [4.78, 5) is 50.0. The second-order valence-electron chi connectivity index (χ2n) is 5.98. The minimum atomic E-state index is -0.565. The van der Waals surface area contributed by atoms with Gasteiger partial charge in [0, 0.05) is 9.75 Å². The van der Waals surface area contributed by atoms with Crippen molar-refractivity contribution >= 4 is 61.7 Å². The number of ether oxygens (including phenoxy) is 1. The average Bonchev–Trinajstić information content (AvgIpc) is 3.17. The highest BCUT2D eigenvalue weighted by molar-refractivity contribution is 7.99. The van der Waals surface area contributed by atoms with Crippen molar-refractivity contribution in [2.75, 3.05) is 17.7 Å². The third kappa shape index (κ3) is 4.74. The molecule has 3 aromatic heterocycles. The number of esters is 1. The Balaban J connectivity index is 1.65. The average molecular weight is 451 g/mol. The Kier molecular flexibility index (Phi) is 6.50. The number of amides is 1. The first-order valence-corrected chi connectivity index (χ1v) is 11.1. The lowest BCUT2D eigenvalue weighted by molar-refractivity contribution is -0.113. The van der Waals surface area contributed by atoms with Gasteiger partial charge in [0.05, 0.1) is 11.1 Å². The zero-order chi connectivity index (χ0) is 21.1. The second-order valence-corrected chi connectivity index (χ2v) is 9.35. The first-order valence-electron chi connectivity index (χ1n) is 8.48. The van der Waals surface area contributed by atoms with Crippen molar-refractivity contribution in [2.45, 2.75) is 25.9 Å². The van der Waals surface area contributed by atoms with Crippen molar-refractivity contribution in [3.63, 3.8) is 0 Å². The zero-order valence-electron chi connectivity index (χ0n) is 16.0. The van der Waals surface area contributed by atoms with Gasteiger partial charge in [0.25, 0.3) is 5.56 Å². The van der Waals surface area contributed by atoms with Crippen LogP contribution in [0.3, 0.4) is 0 Å². The van der Waals surface area contributed by atoms with E-state index in [0.717, 1.165) is 22.2 Å². The number of thioether (sulfide) groups is 1. The number of thiophene rings is 1. The monoisotopic (exact) mass is 450 g/mol. The molecule has 0 spiro atoms. The quantitative estimate of drug-likeness (QED) is 0.245. The number of carbonyl (C=O) groups is 2. The maximum absolute atomic E-state index is 12.3. The van der Waals surface area contributed by atoms with Gasteiger partial charge in [-0.1, -0.05) is 24.4 Å². The molecule has 0 aliphatic heterocycles. The zero-order valence-corrected chi connectivity index (χ0v) is 18.4. The Morgan fingerprint density at radius 2 is 2.00 bits per heavy atom. The number of rotatable bonds is 7. The fourth-order valence-corrected chi connectivity index (χ4v) is 5.00. The normalized spacial score (nSPS) is 10.9. The third-order valence-corrected chi connectivity index (χ3v) is 6.79. The predicted octanol–water partition coefficient (Wildman–Crippen LogP) is 3.44. The van der Waals surface area contributed by atoms with Crippen molar-refractivity contribution < 1.29 is 14.3 Å². The summed E-state index contributed by atoms with van der Waals surface area (Å²) in [5.41, 5.74) is 0.882. The highest BCUT2D eigenvalue weighted by Gasteiger charge is 2.18. The molecule has 0 unspecified atom stereocenters. The molecule has 3 aromatic rings. The van der Waals surface area contributed by atoms with Gasteiger partial charge in [0.1, 0.15) is 11.4 Å². The summed E-state index contributed by atoms with van der Waals surface area (Å²) < 4.78 is 4.97. The van der Waals surface area contributed by atoms with Gasteiger partial charge in [-0.2, -0.15) is 0 Å². The van der Waals surface area contributed by atoms with Crippen LogP contribution in [0, 0.1) is 20.8 Å². The molecule has 3 rings (SSSR count). The Morgan fingerprint density at radius 3 is 2.72 bits per heavy atom. The first kappa shape index (κ1) is 21.2. The van der Waals surface area contributed by atoms with Crippen molar-refractivity contribution in [3.8, 4) is 0 Å². The lowest BCUT2D eigenvalue weighted by Crippen LogP contribution is -2.15. The van der Waals surface area contributed by atoms with E-state index in [4.69, 9.17) is 4.74 Å². The fraction of sp³-hybridized carbons (Fsp3) is 0.278. The predicted molar refractivity (Wildman–Crippen MR) is 116 cm³/mol.